The Balaban J connectivity index is 1.73. The molecule has 0 amide bonds. The lowest BCUT2D eigenvalue weighted by atomic mass is 10.0. The van der Waals surface area contributed by atoms with E-state index in [-0.39, 0.29) is 11.9 Å². The molecule has 0 bridgehead atoms. The summed E-state index contributed by atoms with van der Waals surface area (Å²) in [5, 5.41) is 11.7. The van der Waals surface area contributed by atoms with Gasteiger partial charge < -0.3 is 15.7 Å². The molecule has 3 N–H and O–H groups in total. The van der Waals surface area contributed by atoms with Crippen molar-refractivity contribution >= 4 is 5.84 Å². The molecule has 1 saturated carbocycles. The molecule has 5 heteroatoms. The Bertz CT molecular complexity index is 264. The number of hydrogen-bond acceptors (Lipinski definition) is 4. The van der Waals surface area contributed by atoms with Crippen LogP contribution in [0, 0.1) is 5.92 Å². The molecule has 5 nitrogen and oxygen atoms in total. The van der Waals surface area contributed by atoms with E-state index in [2.05, 4.69) is 10.1 Å². The van der Waals surface area contributed by atoms with Crippen LogP contribution in [0.1, 0.15) is 32.1 Å². The molecule has 0 radical (unpaired) electrons. The van der Waals surface area contributed by atoms with Crippen molar-refractivity contribution in [3.05, 3.63) is 0 Å². The molecule has 0 aromatic rings. The Morgan fingerprint density at radius 2 is 2.18 bits per heavy atom. The maximum atomic E-state index is 8.64. The van der Waals surface area contributed by atoms with Gasteiger partial charge in [0, 0.05) is 13.1 Å². The summed E-state index contributed by atoms with van der Waals surface area (Å²) in [5.74, 6) is 1.11. The molecule has 1 atom stereocenters. The number of nitrogens with zero attached hydrogens (tertiary/aromatic N) is 2. The van der Waals surface area contributed by atoms with Gasteiger partial charge in [0.25, 0.3) is 0 Å². The van der Waals surface area contributed by atoms with Crippen LogP contribution >= 0.6 is 0 Å². The maximum absolute atomic E-state index is 8.64. The first-order chi connectivity index (χ1) is 8.29. The van der Waals surface area contributed by atoms with Crippen LogP contribution in [0.5, 0.6) is 0 Å². The van der Waals surface area contributed by atoms with Crippen molar-refractivity contribution < 1.29 is 9.94 Å². The second kappa shape index (κ2) is 6.21. The van der Waals surface area contributed by atoms with Crippen molar-refractivity contribution in [2.75, 3.05) is 26.2 Å². The van der Waals surface area contributed by atoms with Gasteiger partial charge in [0.05, 0.1) is 6.61 Å². The van der Waals surface area contributed by atoms with Gasteiger partial charge in [0.1, 0.15) is 6.10 Å². The molecule has 1 heterocycles. The van der Waals surface area contributed by atoms with Crippen LogP contribution in [0.2, 0.25) is 0 Å². The number of morpholine rings is 1. The minimum absolute atomic E-state index is 0.190. The monoisotopic (exact) mass is 241 g/mol. The van der Waals surface area contributed by atoms with Gasteiger partial charge in [-0.2, -0.15) is 0 Å². The first kappa shape index (κ1) is 12.6. The van der Waals surface area contributed by atoms with E-state index >= 15 is 0 Å². The highest BCUT2D eigenvalue weighted by molar-refractivity contribution is 5.84. The molecular weight excluding hydrogens is 218 g/mol. The summed E-state index contributed by atoms with van der Waals surface area (Å²) in [4.78, 5) is 2.37. The predicted molar refractivity (Wildman–Crippen MR) is 66.2 cm³/mol. The second-order valence-electron chi connectivity index (χ2n) is 5.12. The Morgan fingerprint density at radius 3 is 2.88 bits per heavy atom. The summed E-state index contributed by atoms with van der Waals surface area (Å²) >= 11 is 0. The molecule has 1 aliphatic heterocycles. The van der Waals surface area contributed by atoms with E-state index in [1.54, 1.807) is 0 Å². The Hall–Kier alpha value is -0.810. The molecule has 1 aliphatic carbocycles. The van der Waals surface area contributed by atoms with Gasteiger partial charge in [0.15, 0.2) is 5.84 Å². The van der Waals surface area contributed by atoms with Gasteiger partial charge in [-0.1, -0.05) is 30.8 Å². The van der Waals surface area contributed by atoms with Crippen molar-refractivity contribution in [2.45, 2.75) is 38.2 Å². The minimum atomic E-state index is -0.239. The van der Waals surface area contributed by atoms with Crippen LogP contribution in [0.25, 0.3) is 0 Å². The number of rotatable bonds is 4. The van der Waals surface area contributed by atoms with Gasteiger partial charge in [0.2, 0.25) is 0 Å². The van der Waals surface area contributed by atoms with Crippen LogP contribution in [-0.4, -0.2) is 48.3 Å². The van der Waals surface area contributed by atoms with E-state index in [9.17, 15) is 0 Å². The number of oxime groups is 1. The minimum Gasteiger partial charge on any atom is -0.409 e. The normalized spacial score (nSPS) is 28.7. The van der Waals surface area contributed by atoms with Crippen LogP contribution in [-0.2, 0) is 4.74 Å². The standard InChI is InChI=1S/C12H23N3O2/c13-12(14-16)11-9-15(7-8-17-11)6-5-10-3-1-2-4-10/h10-11,16H,1-9H2,(H2,13,14). The highest BCUT2D eigenvalue weighted by Gasteiger charge is 2.24. The van der Waals surface area contributed by atoms with Gasteiger partial charge in [-0.3, -0.25) is 4.90 Å². The molecule has 2 fully saturated rings. The lowest BCUT2D eigenvalue weighted by Gasteiger charge is -2.32. The molecule has 2 rings (SSSR count). The summed E-state index contributed by atoms with van der Waals surface area (Å²) < 4.78 is 5.48. The molecule has 0 spiro atoms. The molecule has 17 heavy (non-hydrogen) atoms. The van der Waals surface area contributed by atoms with E-state index in [1.165, 1.54) is 32.1 Å². The van der Waals surface area contributed by atoms with Crippen LogP contribution < -0.4 is 5.73 Å². The van der Waals surface area contributed by atoms with Crippen LogP contribution in [0.3, 0.4) is 0 Å². The summed E-state index contributed by atoms with van der Waals surface area (Å²) in [7, 11) is 0. The molecule has 98 valence electrons. The average Bonchev–Trinajstić information content (AvgIpc) is 2.89. The fraction of sp³-hybridized carbons (Fsp3) is 0.917. The molecule has 0 aromatic heterocycles. The van der Waals surface area contributed by atoms with E-state index in [0.717, 1.165) is 25.6 Å². The van der Waals surface area contributed by atoms with Crippen molar-refractivity contribution in [1.82, 2.24) is 4.90 Å². The molecule has 1 unspecified atom stereocenters. The SMILES string of the molecule is NC(=NO)C1CN(CCC2CCCC2)CCO1. The zero-order valence-corrected chi connectivity index (χ0v) is 10.3. The molecule has 2 aliphatic rings. The zero-order valence-electron chi connectivity index (χ0n) is 10.3. The maximum Gasteiger partial charge on any atom is 0.169 e. The first-order valence-electron chi connectivity index (χ1n) is 6.61. The van der Waals surface area contributed by atoms with Crippen LogP contribution in [0.4, 0.5) is 0 Å². The van der Waals surface area contributed by atoms with Crippen molar-refractivity contribution in [1.29, 1.82) is 0 Å². The fourth-order valence-corrected chi connectivity index (χ4v) is 2.81. The number of hydrogen-bond donors (Lipinski definition) is 2. The predicted octanol–water partition coefficient (Wildman–Crippen LogP) is 1.01. The van der Waals surface area contributed by atoms with E-state index < -0.39 is 0 Å². The third-order valence-corrected chi connectivity index (χ3v) is 3.92. The van der Waals surface area contributed by atoms with Crippen molar-refractivity contribution in [3.63, 3.8) is 0 Å². The Labute approximate surface area is 103 Å². The quantitative estimate of drug-likeness (QED) is 0.333. The van der Waals surface area contributed by atoms with E-state index in [1.807, 2.05) is 0 Å². The van der Waals surface area contributed by atoms with Gasteiger partial charge in [-0.25, -0.2) is 0 Å². The summed E-state index contributed by atoms with van der Waals surface area (Å²) in [5.41, 5.74) is 5.58. The average molecular weight is 241 g/mol. The third kappa shape index (κ3) is 3.57. The van der Waals surface area contributed by atoms with Gasteiger partial charge >= 0.3 is 0 Å². The number of ether oxygens (including phenoxy) is 1. The highest BCUT2D eigenvalue weighted by Crippen LogP contribution is 2.27. The van der Waals surface area contributed by atoms with E-state index in [4.69, 9.17) is 15.7 Å². The summed E-state index contributed by atoms with van der Waals surface area (Å²) in [6.45, 7) is 3.50. The highest BCUT2D eigenvalue weighted by atomic mass is 16.5. The smallest absolute Gasteiger partial charge is 0.169 e. The Morgan fingerprint density at radius 1 is 1.41 bits per heavy atom. The van der Waals surface area contributed by atoms with Crippen molar-refractivity contribution in [3.8, 4) is 0 Å². The molecular formula is C12H23N3O2. The van der Waals surface area contributed by atoms with Gasteiger partial charge in [-0.05, 0) is 18.9 Å². The third-order valence-electron chi connectivity index (χ3n) is 3.92. The van der Waals surface area contributed by atoms with Crippen LogP contribution in [0.15, 0.2) is 5.16 Å². The largest absolute Gasteiger partial charge is 0.409 e. The zero-order chi connectivity index (χ0) is 12.1. The second-order valence-corrected chi connectivity index (χ2v) is 5.12. The summed E-state index contributed by atoms with van der Waals surface area (Å²) in [6, 6.07) is 0. The topological polar surface area (TPSA) is 71.1 Å². The van der Waals surface area contributed by atoms with Gasteiger partial charge in [-0.15, -0.1) is 0 Å². The first-order valence-corrected chi connectivity index (χ1v) is 6.61. The fourth-order valence-electron chi connectivity index (χ4n) is 2.81. The van der Waals surface area contributed by atoms with E-state index in [0.29, 0.717) is 6.61 Å². The van der Waals surface area contributed by atoms with Crippen molar-refractivity contribution in [2.24, 2.45) is 16.8 Å². The number of amidine groups is 1. The Kier molecular flexibility index (Phi) is 4.62. The lowest BCUT2D eigenvalue weighted by Crippen LogP contribution is -2.48. The molecule has 1 saturated heterocycles. The molecule has 0 aromatic carbocycles. The number of nitrogens with two attached hydrogens (primary N) is 1. The lowest BCUT2D eigenvalue weighted by molar-refractivity contribution is 0.00291. The summed E-state index contributed by atoms with van der Waals surface area (Å²) in [6.07, 6.45) is 6.64.